The lowest BCUT2D eigenvalue weighted by Gasteiger charge is -2.17. The molecule has 0 saturated carbocycles. The summed E-state index contributed by atoms with van der Waals surface area (Å²) in [6.07, 6.45) is 12.1. The normalized spacial score (nSPS) is 28.4. The third-order valence-electron chi connectivity index (χ3n) is 2.49. The summed E-state index contributed by atoms with van der Waals surface area (Å²) >= 11 is 0. The molecule has 0 radical (unpaired) electrons. The molecule has 64 valence electrons. The SMILES string of the molecule is C1CCP(NP2CCCC2)C1. The minimum Gasteiger partial charge on any atom is -0.273 e. The Balaban J connectivity index is 1.71. The van der Waals surface area contributed by atoms with Gasteiger partial charge in [-0.1, -0.05) is 0 Å². The Kier molecular flexibility index (Phi) is 3.19. The quantitative estimate of drug-likeness (QED) is 0.658. The molecular formula is C8H17NP2. The maximum Gasteiger partial charge on any atom is -0.0192 e. The molecule has 2 aliphatic rings. The third-order valence-corrected chi connectivity index (χ3v) is 8.18. The van der Waals surface area contributed by atoms with E-state index in [-0.39, 0.29) is 0 Å². The molecule has 0 amide bonds. The van der Waals surface area contributed by atoms with E-state index in [2.05, 4.69) is 4.86 Å². The van der Waals surface area contributed by atoms with Crippen LogP contribution in [0.25, 0.3) is 0 Å². The molecule has 2 aliphatic heterocycles. The summed E-state index contributed by atoms with van der Waals surface area (Å²) < 4.78 is 0. The van der Waals surface area contributed by atoms with Crippen molar-refractivity contribution in [2.45, 2.75) is 25.7 Å². The Morgan fingerprint density at radius 1 is 0.636 bits per heavy atom. The van der Waals surface area contributed by atoms with Gasteiger partial charge in [0, 0.05) is 0 Å². The van der Waals surface area contributed by atoms with Crippen molar-refractivity contribution in [2.75, 3.05) is 24.6 Å². The predicted molar refractivity (Wildman–Crippen MR) is 54.9 cm³/mol. The van der Waals surface area contributed by atoms with Crippen molar-refractivity contribution in [2.24, 2.45) is 0 Å². The first-order chi connectivity index (χ1) is 5.45. The van der Waals surface area contributed by atoms with E-state index in [1.807, 2.05) is 0 Å². The summed E-state index contributed by atoms with van der Waals surface area (Å²) in [5.74, 6) is 0. The number of hydrogen-bond donors (Lipinski definition) is 1. The largest absolute Gasteiger partial charge is 0.273 e. The highest BCUT2D eigenvalue weighted by atomic mass is 31.2. The average molecular weight is 189 g/mol. The zero-order valence-electron chi connectivity index (χ0n) is 7.05. The fourth-order valence-electron chi connectivity index (χ4n) is 1.83. The topological polar surface area (TPSA) is 12.0 Å². The van der Waals surface area contributed by atoms with Crippen LogP contribution in [-0.2, 0) is 0 Å². The zero-order valence-corrected chi connectivity index (χ0v) is 8.84. The summed E-state index contributed by atoms with van der Waals surface area (Å²) in [5.41, 5.74) is 0. The summed E-state index contributed by atoms with van der Waals surface area (Å²) in [5, 5.41) is 0. The van der Waals surface area contributed by atoms with Gasteiger partial charge in [-0.2, -0.15) is 0 Å². The van der Waals surface area contributed by atoms with Gasteiger partial charge in [-0.25, -0.2) is 0 Å². The molecule has 0 unspecified atom stereocenters. The Morgan fingerprint density at radius 2 is 1.00 bits per heavy atom. The van der Waals surface area contributed by atoms with Gasteiger partial charge in [-0.3, -0.25) is 4.86 Å². The van der Waals surface area contributed by atoms with Crippen molar-refractivity contribution < 1.29 is 0 Å². The second-order valence-electron chi connectivity index (χ2n) is 3.49. The van der Waals surface area contributed by atoms with Crippen LogP contribution >= 0.6 is 16.1 Å². The maximum absolute atomic E-state index is 3.91. The standard InChI is InChI=1S/C8H17NP2/c1-2-6-10(5-1)9-11-7-3-4-8-11/h9H,1-8H2. The Bertz CT molecular complexity index is 103. The number of hydrogen-bond acceptors (Lipinski definition) is 1. The molecule has 0 aromatic rings. The molecule has 1 nitrogen and oxygen atoms in total. The molecule has 11 heavy (non-hydrogen) atoms. The fourth-order valence-corrected chi connectivity index (χ4v) is 7.90. The highest BCUT2D eigenvalue weighted by Gasteiger charge is 2.20. The van der Waals surface area contributed by atoms with Crippen LogP contribution in [-0.4, -0.2) is 24.6 Å². The molecule has 0 spiro atoms. The number of rotatable bonds is 2. The summed E-state index contributed by atoms with van der Waals surface area (Å²) in [6, 6.07) is 0. The first-order valence-electron chi connectivity index (χ1n) is 4.71. The molecular weight excluding hydrogens is 172 g/mol. The molecule has 0 atom stereocenters. The monoisotopic (exact) mass is 189 g/mol. The molecule has 0 aromatic carbocycles. The van der Waals surface area contributed by atoms with E-state index in [1.54, 1.807) is 0 Å². The average Bonchev–Trinajstić information content (AvgIpc) is 2.60. The lowest BCUT2D eigenvalue weighted by atomic mass is 10.4. The van der Waals surface area contributed by atoms with Crippen molar-refractivity contribution in [3.8, 4) is 0 Å². The van der Waals surface area contributed by atoms with E-state index in [1.165, 1.54) is 50.3 Å². The lowest BCUT2D eigenvalue weighted by Crippen LogP contribution is -2.01. The van der Waals surface area contributed by atoms with Crippen LogP contribution in [0, 0.1) is 0 Å². The van der Waals surface area contributed by atoms with E-state index in [9.17, 15) is 0 Å². The highest BCUT2D eigenvalue weighted by molar-refractivity contribution is 7.71. The van der Waals surface area contributed by atoms with E-state index >= 15 is 0 Å². The first kappa shape index (κ1) is 8.42. The van der Waals surface area contributed by atoms with E-state index in [4.69, 9.17) is 0 Å². The Hall–Kier alpha value is 0.820. The molecule has 0 bridgehead atoms. The van der Waals surface area contributed by atoms with Gasteiger partial charge in [0.05, 0.1) is 0 Å². The molecule has 1 N–H and O–H groups in total. The molecule has 0 aromatic heterocycles. The summed E-state index contributed by atoms with van der Waals surface area (Å²) in [6.45, 7) is 0. The second-order valence-corrected chi connectivity index (χ2v) is 8.24. The molecule has 2 saturated heterocycles. The fraction of sp³-hybridized carbons (Fsp3) is 1.00. The Labute approximate surface area is 71.9 Å². The van der Waals surface area contributed by atoms with E-state index < -0.39 is 0 Å². The van der Waals surface area contributed by atoms with Crippen LogP contribution in [0.2, 0.25) is 0 Å². The summed E-state index contributed by atoms with van der Waals surface area (Å²) in [4.78, 5) is 3.91. The van der Waals surface area contributed by atoms with Crippen LogP contribution in [0.1, 0.15) is 25.7 Å². The molecule has 2 fully saturated rings. The van der Waals surface area contributed by atoms with Crippen molar-refractivity contribution >= 4 is 16.1 Å². The van der Waals surface area contributed by atoms with Gasteiger partial charge in [0.15, 0.2) is 0 Å². The molecule has 0 aliphatic carbocycles. The van der Waals surface area contributed by atoms with Crippen molar-refractivity contribution in [3.05, 3.63) is 0 Å². The molecule has 2 heterocycles. The minimum absolute atomic E-state index is 0.323. The van der Waals surface area contributed by atoms with Crippen molar-refractivity contribution in [3.63, 3.8) is 0 Å². The van der Waals surface area contributed by atoms with Gasteiger partial charge >= 0.3 is 0 Å². The van der Waals surface area contributed by atoms with Gasteiger partial charge < -0.3 is 0 Å². The zero-order chi connectivity index (χ0) is 7.52. The predicted octanol–water partition coefficient (Wildman–Crippen LogP) is 2.96. The van der Waals surface area contributed by atoms with Gasteiger partial charge in [0.2, 0.25) is 0 Å². The van der Waals surface area contributed by atoms with Gasteiger partial charge in [0.25, 0.3) is 0 Å². The second kappa shape index (κ2) is 4.17. The maximum atomic E-state index is 3.91. The smallest absolute Gasteiger partial charge is 0.0192 e. The van der Waals surface area contributed by atoms with E-state index in [0.717, 1.165) is 0 Å². The van der Waals surface area contributed by atoms with Gasteiger partial charge in [-0.05, 0) is 66.5 Å². The highest BCUT2D eigenvalue weighted by Crippen LogP contribution is 2.51. The minimum atomic E-state index is 0.323. The van der Waals surface area contributed by atoms with E-state index in [0.29, 0.717) is 16.1 Å². The molecule has 2 rings (SSSR count). The molecule has 3 heteroatoms. The third kappa shape index (κ3) is 2.38. The van der Waals surface area contributed by atoms with Crippen LogP contribution < -0.4 is 4.86 Å². The van der Waals surface area contributed by atoms with Crippen molar-refractivity contribution in [1.29, 1.82) is 0 Å². The van der Waals surface area contributed by atoms with Crippen molar-refractivity contribution in [1.82, 2.24) is 4.86 Å². The van der Waals surface area contributed by atoms with Crippen LogP contribution in [0.5, 0.6) is 0 Å². The Morgan fingerprint density at radius 3 is 1.36 bits per heavy atom. The van der Waals surface area contributed by atoms with Gasteiger partial charge in [0.1, 0.15) is 0 Å². The van der Waals surface area contributed by atoms with Crippen LogP contribution in [0.3, 0.4) is 0 Å². The summed E-state index contributed by atoms with van der Waals surface area (Å²) in [7, 11) is 0.645. The lowest BCUT2D eigenvalue weighted by molar-refractivity contribution is 0.949. The number of nitrogens with one attached hydrogen (secondary N) is 1. The van der Waals surface area contributed by atoms with Crippen LogP contribution in [0.4, 0.5) is 0 Å². The van der Waals surface area contributed by atoms with Crippen LogP contribution in [0.15, 0.2) is 0 Å². The first-order valence-corrected chi connectivity index (χ1v) is 8.14. The van der Waals surface area contributed by atoms with Gasteiger partial charge in [-0.15, -0.1) is 0 Å².